The molecule has 0 atom stereocenters. The highest BCUT2D eigenvalue weighted by atomic mass is 16.1. The molecule has 1 saturated heterocycles. The Morgan fingerprint density at radius 1 is 1.13 bits per heavy atom. The van der Waals surface area contributed by atoms with E-state index in [0.29, 0.717) is 11.4 Å². The third-order valence-corrected chi connectivity index (χ3v) is 4.01. The molecule has 4 rings (SSSR count). The molecule has 0 bridgehead atoms. The Morgan fingerprint density at radius 2 is 2.00 bits per heavy atom. The number of nitrogens with zero attached hydrogens (tertiary/aromatic N) is 4. The van der Waals surface area contributed by atoms with Crippen molar-refractivity contribution in [2.45, 2.75) is 12.8 Å². The van der Waals surface area contributed by atoms with Crippen molar-refractivity contribution in [2.75, 3.05) is 23.3 Å². The molecule has 0 unspecified atom stereocenters. The lowest BCUT2D eigenvalue weighted by atomic mass is 10.2. The van der Waals surface area contributed by atoms with E-state index in [1.807, 2.05) is 24.3 Å². The minimum atomic E-state index is -0.274. The van der Waals surface area contributed by atoms with Crippen molar-refractivity contribution in [2.24, 2.45) is 0 Å². The lowest BCUT2D eigenvalue weighted by Crippen LogP contribution is -2.21. The Labute approximate surface area is 132 Å². The molecule has 0 radical (unpaired) electrons. The SMILES string of the molecule is O=C(Nc1ccc2cn[nH]c2c1)c1ccc(N2CCCC2)nn1. The number of hydrogen-bond donors (Lipinski definition) is 2. The number of carbonyl (C=O) groups excluding carboxylic acids is 1. The summed E-state index contributed by atoms with van der Waals surface area (Å²) in [5, 5.41) is 18.9. The van der Waals surface area contributed by atoms with Gasteiger partial charge in [-0.3, -0.25) is 9.89 Å². The van der Waals surface area contributed by atoms with Crippen LogP contribution in [0.5, 0.6) is 0 Å². The molecular formula is C16H16N6O. The van der Waals surface area contributed by atoms with Crippen LogP contribution in [0.2, 0.25) is 0 Å². The van der Waals surface area contributed by atoms with E-state index in [0.717, 1.165) is 29.8 Å². The first-order valence-electron chi connectivity index (χ1n) is 7.63. The van der Waals surface area contributed by atoms with Crippen molar-refractivity contribution in [3.8, 4) is 0 Å². The molecule has 0 spiro atoms. The molecule has 7 nitrogen and oxygen atoms in total. The van der Waals surface area contributed by atoms with Gasteiger partial charge in [0.25, 0.3) is 5.91 Å². The second kappa shape index (κ2) is 5.68. The summed E-state index contributed by atoms with van der Waals surface area (Å²) in [5.41, 5.74) is 1.87. The van der Waals surface area contributed by atoms with Crippen molar-refractivity contribution >= 4 is 28.3 Å². The zero-order valence-corrected chi connectivity index (χ0v) is 12.5. The normalized spacial score (nSPS) is 14.3. The summed E-state index contributed by atoms with van der Waals surface area (Å²) in [6, 6.07) is 9.14. The molecule has 3 heterocycles. The minimum Gasteiger partial charge on any atom is -0.355 e. The van der Waals surface area contributed by atoms with E-state index in [1.165, 1.54) is 12.8 Å². The summed E-state index contributed by atoms with van der Waals surface area (Å²) in [5.74, 6) is 0.558. The fourth-order valence-electron chi connectivity index (χ4n) is 2.77. The molecule has 0 saturated carbocycles. The first kappa shape index (κ1) is 13.7. The van der Waals surface area contributed by atoms with Crippen molar-refractivity contribution < 1.29 is 4.79 Å². The monoisotopic (exact) mass is 308 g/mol. The molecule has 1 fully saturated rings. The maximum absolute atomic E-state index is 12.3. The smallest absolute Gasteiger partial charge is 0.276 e. The van der Waals surface area contributed by atoms with Crippen molar-refractivity contribution in [1.82, 2.24) is 20.4 Å². The highest BCUT2D eigenvalue weighted by Gasteiger charge is 2.15. The summed E-state index contributed by atoms with van der Waals surface area (Å²) < 4.78 is 0. The lowest BCUT2D eigenvalue weighted by Gasteiger charge is -2.15. The predicted octanol–water partition coefficient (Wildman–Crippen LogP) is 2.21. The minimum absolute atomic E-state index is 0.274. The number of carbonyl (C=O) groups is 1. The average Bonchev–Trinajstić information content (AvgIpc) is 3.26. The highest BCUT2D eigenvalue weighted by molar-refractivity contribution is 6.03. The third kappa shape index (κ3) is 2.73. The van der Waals surface area contributed by atoms with E-state index < -0.39 is 0 Å². The Kier molecular flexibility index (Phi) is 3.38. The van der Waals surface area contributed by atoms with E-state index in [-0.39, 0.29) is 5.91 Å². The Balaban J connectivity index is 1.49. The number of rotatable bonds is 3. The lowest BCUT2D eigenvalue weighted by molar-refractivity contribution is 0.102. The molecule has 2 aromatic heterocycles. The van der Waals surface area contributed by atoms with Crippen molar-refractivity contribution in [3.05, 3.63) is 42.2 Å². The number of amides is 1. The molecule has 7 heteroatoms. The van der Waals surface area contributed by atoms with Gasteiger partial charge in [-0.1, -0.05) is 0 Å². The van der Waals surface area contributed by atoms with Gasteiger partial charge in [-0.2, -0.15) is 5.10 Å². The van der Waals surface area contributed by atoms with Gasteiger partial charge in [0.1, 0.15) is 0 Å². The summed E-state index contributed by atoms with van der Waals surface area (Å²) in [6.45, 7) is 2.01. The van der Waals surface area contributed by atoms with E-state index in [1.54, 1.807) is 12.3 Å². The summed E-state index contributed by atoms with van der Waals surface area (Å²) in [4.78, 5) is 14.4. The standard InChI is InChI=1S/C16H16N6O/c23-16(18-12-4-3-11-10-17-19-14(11)9-12)13-5-6-15(21-20-13)22-7-1-2-8-22/h3-6,9-10H,1-2,7-8H2,(H,17,19)(H,18,23). The zero-order valence-electron chi connectivity index (χ0n) is 12.5. The quantitative estimate of drug-likeness (QED) is 0.774. The van der Waals surface area contributed by atoms with Crippen LogP contribution in [0.4, 0.5) is 11.5 Å². The predicted molar refractivity (Wildman–Crippen MR) is 87.5 cm³/mol. The number of aromatic amines is 1. The van der Waals surface area contributed by atoms with Crippen LogP contribution in [0.1, 0.15) is 23.3 Å². The van der Waals surface area contributed by atoms with Crippen molar-refractivity contribution in [1.29, 1.82) is 0 Å². The van der Waals surface area contributed by atoms with Gasteiger partial charge in [-0.15, -0.1) is 10.2 Å². The van der Waals surface area contributed by atoms with Gasteiger partial charge in [-0.05, 0) is 43.2 Å². The molecule has 23 heavy (non-hydrogen) atoms. The molecular weight excluding hydrogens is 292 g/mol. The molecule has 1 aromatic carbocycles. The summed E-state index contributed by atoms with van der Waals surface area (Å²) >= 11 is 0. The number of benzene rings is 1. The van der Waals surface area contributed by atoms with Gasteiger partial charge >= 0.3 is 0 Å². The summed E-state index contributed by atoms with van der Waals surface area (Å²) in [7, 11) is 0. The van der Waals surface area contributed by atoms with Crippen LogP contribution in [0.3, 0.4) is 0 Å². The third-order valence-electron chi connectivity index (χ3n) is 4.01. The van der Waals surface area contributed by atoms with E-state index in [9.17, 15) is 4.79 Å². The Morgan fingerprint density at radius 3 is 2.78 bits per heavy atom. The first-order valence-corrected chi connectivity index (χ1v) is 7.63. The molecule has 0 aliphatic carbocycles. The second-order valence-corrected chi connectivity index (χ2v) is 5.60. The van der Waals surface area contributed by atoms with Crippen LogP contribution < -0.4 is 10.2 Å². The number of hydrogen-bond acceptors (Lipinski definition) is 5. The van der Waals surface area contributed by atoms with Gasteiger partial charge in [0.05, 0.1) is 11.7 Å². The number of fused-ring (bicyclic) bond motifs is 1. The Hall–Kier alpha value is -2.96. The maximum atomic E-state index is 12.3. The number of H-pyrrole nitrogens is 1. The number of anilines is 2. The maximum Gasteiger partial charge on any atom is 0.276 e. The fraction of sp³-hybridized carbons (Fsp3) is 0.250. The molecule has 2 N–H and O–H groups in total. The number of nitrogens with one attached hydrogen (secondary N) is 2. The van der Waals surface area contributed by atoms with Crippen LogP contribution in [-0.2, 0) is 0 Å². The molecule has 1 aliphatic rings. The summed E-state index contributed by atoms with van der Waals surface area (Å²) in [6.07, 6.45) is 4.10. The highest BCUT2D eigenvalue weighted by Crippen LogP contribution is 2.18. The van der Waals surface area contributed by atoms with E-state index in [2.05, 4.69) is 30.6 Å². The van der Waals surface area contributed by atoms with Crippen LogP contribution in [0.15, 0.2) is 36.5 Å². The van der Waals surface area contributed by atoms with Gasteiger partial charge in [0.2, 0.25) is 0 Å². The average molecular weight is 308 g/mol. The largest absolute Gasteiger partial charge is 0.355 e. The van der Waals surface area contributed by atoms with Gasteiger partial charge in [-0.25, -0.2) is 0 Å². The van der Waals surface area contributed by atoms with Crippen LogP contribution in [-0.4, -0.2) is 39.4 Å². The van der Waals surface area contributed by atoms with Gasteiger partial charge in [0.15, 0.2) is 11.5 Å². The topological polar surface area (TPSA) is 86.8 Å². The van der Waals surface area contributed by atoms with Crippen molar-refractivity contribution in [3.63, 3.8) is 0 Å². The van der Waals surface area contributed by atoms with Gasteiger partial charge < -0.3 is 10.2 Å². The van der Waals surface area contributed by atoms with Crippen LogP contribution >= 0.6 is 0 Å². The Bertz CT molecular complexity index is 835. The first-order chi connectivity index (χ1) is 11.3. The van der Waals surface area contributed by atoms with E-state index in [4.69, 9.17) is 0 Å². The molecule has 1 amide bonds. The molecule has 116 valence electrons. The fourth-order valence-corrected chi connectivity index (χ4v) is 2.77. The van der Waals surface area contributed by atoms with Crippen LogP contribution in [0, 0.1) is 0 Å². The van der Waals surface area contributed by atoms with Crippen LogP contribution in [0.25, 0.3) is 10.9 Å². The number of aromatic nitrogens is 4. The molecule has 1 aliphatic heterocycles. The zero-order chi connectivity index (χ0) is 15.6. The molecule has 3 aromatic rings. The second-order valence-electron chi connectivity index (χ2n) is 5.60. The van der Waals surface area contributed by atoms with E-state index >= 15 is 0 Å². The van der Waals surface area contributed by atoms with Gasteiger partial charge in [0, 0.05) is 24.2 Å².